The molecule has 0 aromatic carbocycles. The lowest BCUT2D eigenvalue weighted by Gasteiger charge is -2.15. The standard InChI is InChI=1S/C12H15FN4.C5H10O2/c1-6(2)11-9(7-3-4-7)10(13)8-5-15-12(14)16-17(8)11;6-5-2-1-3-7-4-5/h5-7H,3-4H2,1-2H3,(H2,14,16);5-6H,1-4H2. The predicted molar refractivity (Wildman–Crippen MR) is 89.5 cm³/mol. The lowest BCUT2D eigenvalue weighted by Crippen LogP contribution is -2.21. The van der Waals surface area contributed by atoms with E-state index in [0.29, 0.717) is 18.0 Å². The highest BCUT2D eigenvalue weighted by Crippen LogP contribution is 2.46. The van der Waals surface area contributed by atoms with Gasteiger partial charge in [0, 0.05) is 12.2 Å². The van der Waals surface area contributed by atoms with Gasteiger partial charge in [0.05, 0.1) is 24.6 Å². The average molecular weight is 336 g/mol. The topological polar surface area (TPSA) is 85.7 Å². The maximum Gasteiger partial charge on any atom is 0.238 e. The van der Waals surface area contributed by atoms with Gasteiger partial charge in [-0.05, 0) is 37.5 Å². The molecule has 2 aromatic heterocycles. The molecule has 0 spiro atoms. The smallest absolute Gasteiger partial charge is 0.238 e. The van der Waals surface area contributed by atoms with Gasteiger partial charge in [0.25, 0.3) is 0 Å². The maximum absolute atomic E-state index is 14.3. The number of hydrogen-bond acceptors (Lipinski definition) is 5. The van der Waals surface area contributed by atoms with Crippen LogP contribution in [0.15, 0.2) is 6.20 Å². The van der Waals surface area contributed by atoms with Gasteiger partial charge in [0.2, 0.25) is 5.95 Å². The van der Waals surface area contributed by atoms with Gasteiger partial charge in [-0.1, -0.05) is 13.8 Å². The largest absolute Gasteiger partial charge is 0.391 e. The number of halogens is 1. The molecular formula is C17H25FN4O2. The number of ether oxygens (including phenoxy) is 1. The van der Waals surface area contributed by atoms with Crippen LogP contribution < -0.4 is 5.73 Å². The first-order valence-corrected chi connectivity index (χ1v) is 8.57. The lowest BCUT2D eigenvalue weighted by atomic mass is 10.0. The molecule has 2 fully saturated rings. The fraction of sp³-hybridized carbons (Fsp3) is 0.647. The number of aliphatic hydroxyl groups excluding tert-OH is 1. The number of rotatable bonds is 2. The second kappa shape index (κ2) is 7.03. The van der Waals surface area contributed by atoms with Crippen molar-refractivity contribution in [3.8, 4) is 0 Å². The number of nitrogen functional groups attached to an aromatic ring is 1. The number of nitrogens with two attached hydrogens (primary N) is 1. The normalized spacial score (nSPS) is 21.0. The van der Waals surface area contributed by atoms with Crippen LogP contribution in [0, 0.1) is 5.82 Å². The fourth-order valence-corrected chi connectivity index (χ4v) is 3.10. The molecule has 1 unspecified atom stereocenters. The molecule has 7 heteroatoms. The average Bonchev–Trinajstić information content (AvgIpc) is 3.33. The van der Waals surface area contributed by atoms with E-state index in [4.69, 9.17) is 15.6 Å². The van der Waals surface area contributed by atoms with Crippen molar-refractivity contribution in [2.75, 3.05) is 18.9 Å². The molecule has 132 valence electrons. The molecule has 2 aromatic rings. The van der Waals surface area contributed by atoms with E-state index in [2.05, 4.69) is 10.1 Å². The molecule has 1 aliphatic heterocycles. The third-order valence-corrected chi connectivity index (χ3v) is 4.38. The van der Waals surface area contributed by atoms with Crippen molar-refractivity contribution in [1.29, 1.82) is 0 Å². The van der Waals surface area contributed by atoms with Crippen LogP contribution in [0.3, 0.4) is 0 Å². The molecule has 4 rings (SSSR count). The minimum Gasteiger partial charge on any atom is -0.391 e. The summed E-state index contributed by atoms with van der Waals surface area (Å²) in [5.41, 5.74) is 7.77. The van der Waals surface area contributed by atoms with E-state index >= 15 is 0 Å². The summed E-state index contributed by atoms with van der Waals surface area (Å²) in [5, 5.41) is 12.9. The summed E-state index contributed by atoms with van der Waals surface area (Å²) in [7, 11) is 0. The molecule has 3 heterocycles. The Hall–Kier alpha value is -1.73. The molecule has 0 radical (unpaired) electrons. The number of nitrogens with zero attached hydrogens (tertiary/aromatic N) is 3. The summed E-state index contributed by atoms with van der Waals surface area (Å²) in [6.45, 7) is 5.47. The summed E-state index contributed by atoms with van der Waals surface area (Å²) in [6.07, 6.45) is 5.34. The number of fused-ring (bicyclic) bond motifs is 1. The summed E-state index contributed by atoms with van der Waals surface area (Å²) < 4.78 is 20.9. The van der Waals surface area contributed by atoms with E-state index in [1.807, 2.05) is 13.8 Å². The Morgan fingerprint density at radius 1 is 1.38 bits per heavy atom. The van der Waals surface area contributed by atoms with Crippen LogP contribution in [0.25, 0.3) is 5.52 Å². The molecule has 0 bridgehead atoms. The van der Waals surface area contributed by atoms with Gasteiger partial charge in [0.15, 0.2) is 5.82 Å². The van der Waals surface area contributed by atoms with E-state index in [-0.39, 0.29) is 23.8 Å². The maximum atomic E-state index is 14.3. The second-order valence-corrected chi connectivity index (χ2v) is 6.83. The lowest BCUT2D eigenvalue weighted by molar-refractivity contribution is -0.00535. The summed E-state index contributed by atoms with van der Waals surface area (Å²) >= 11 is 0. The third kappa shape index (κ3) is 3.52. The highest BCUT2D eigenvalue weighted by atomic mass is 19.1. The van der Waals surface area contributed by atoms with Gasteiger partial charge < -0.3 is 15.6 Å². The first-order chi connectivity index (χ1) is 11.5. The van der Waals surface area contributed by atoms with E-state index in [0.717, 1.165) is 43.5 Å². The Morgan fingerprint density at radius 3 is 2.62 bits per heavy atom. The Labute approximate surface area is 140 Å². The zero-order valence-electron chi connectivity index (χ0n) is 14.2. The SMILES string of the molecule is CC(C)c1c(C2CC2)c(F)c2cnc(N)nn12.OC1CCCOC1. The molecule has 24 heavy (non-hydrogen) atoms. The predicted octanol–water partition coefficient (Wildman–Crippen LogP) is 2.61. The summed E-state index contributed by atoms with van der Waals surface area (Å²) in [5.74, 6) is 0.583. The van der Waals surface area contributed by atoms with Crippen LogP contribution in [0.1, 0.15) is 62.6 Å². The van der Waals surface area contributed by atoms with Gasteiger partial charge >= 0.3 is 0 Å². The second-order valence-electron chi connectivity index (χ2n) is 6.83. The van der Waals surface area contributed by atoms with Crippen LogP contribution in [0.4, 0.5) is 10.3 Å². The van der Waals surface area contributed by atoms with Crippen LogP contribution in [0.5, 0.6) is 0 Å². The Balaban J connectivity index is 0.000000203. The number of hydrogen-bond donors (Lipinski definition) is 2. The van der Waals surface area contributed by atoms with Gasteiger partial charge in [-0.3, -0.25) is 0 Å². The highest BCUT2D eigenvalue weighted by Gasteiger charge is 2.34. The molecule has 2 aliphatic rings. The van der Waals surface area contributed by atoms with Crippen LogP contribution in [-0.4, -0.2) is 39.0 Å². The van der Waals surface area contributed by atoms with Gasteiger partial charge in [-0.25, -0.2) is 13.9 Å². The zero-order chi connectivity index (χ0) is 17.3. The molecule has 0 amide bonds. The summed E-state index contributed by atoms with van der Waals surface area (Å²) in [4.78, 5) is 3.87. The van der Waals surface area contributed by atoms with E-state index in [1.54, 1.807) is 4.52 Å². The van der Waals surface area contributed by atoms with Crippen molar-refractivity contribution in [2.45, 2.75) is 57.5 Å². The monoisotopic (exact) mass is 336 g/mol. The van der Waals surface area contributed by atoms with Gasteiger partial charge in [-0.15, -0.1) is 5.10 Å². The van der Waals surface area contributed by atoms with Crippen molar-refractivity contribution in [3.05, 3.63) is 23.3 Å². The molecule has 1 atom stereocenters. The Bertz CT molecular complexity index is 706. The van der Waals surface area contributed by atoms with Gasteiger partial charge in [-0.2, -0.15) is 0 Å². The molecular weight excluding hydrogens is 311 g/mol. The zero-order valence-corrected chi connectivity index (χ0v) is 14.2. The molecule has 1 aliphatic carbocycles. The number of aromatic nitrogens is 3. The first-order valence-electron chi connectivity index (χ1n) is 8.57. The number of anilines is 1. The molecule has 1 saturated carbocycles. The van der Waals surface area contributed by atoms with Crippen molar-refractivity contribution in [2.24, 2.45) is 0 Å². The van der Waals surface area contributed by atoms with Crippen molar-refractivity contribution in [1.82, 2.24) is 14.6 Å². The van der Waals surface area contributed by atoms with Gasteiger partial charge in [0.1, 0.15) is 5.52 Å². The van der Waals surface area contributed by atoms with E-state index < -0.39 is 0 Å². The highest BCUT2D eigenvalue weighted by molar-refractivity contribution is 5.56. The van der Waals surface area contributed by atoms with Crippen molar-refractivity contribution < 1.29 is 14.2 Å². The fourth-order valence-electron chi connectivity index (χ4n) is 3.10. The van der Waals surface area contributed by atoms with Crippen LogP contribution in [0.2, 0.25) is 0 Å². The number of aliphatic hydroxyl groups is 1. The quantitative estimate of drug-likeness (QED) is 0.880. The van der Waals surface area contributed by atoms with E-state index in [9.17, 15) is 4.39 Å². The van der Waals surface area contributed by atoms with Crippen LogP contribution >= 0.6 is 0 Å². The first kappa shape index (κ1) is 17.1. The third-order valence-electron chi connectivity index (χ3n) is 4.38. The summed E-state index contributed by atoms with van der Waals surface area (Å²) in [6, 6.07) is 0. The van der Waals surface area contributed by atoms with Crippen molar-refractivity contribution >= 4 is 11.5 Å². The molecule has 6 nitrogen and oxygen atoms in total. The minimum absolute atomic E-state index is 0.170. The minimum atomic E-state index is -0.186. The molecule has 1 saturated heterocycles. The molecule has 3 N–H and O–H groups in total. The van der Waals surface area contributed by atoms with Crippen molar-refractivity contribution in [3.63, 3.8) is 0 Å². The Kier molecular flexibility index (Phi) is 5.01. The Morgan fingerprint density at radius 2 is 2.12 bits per heavy atom. The van der Waals surface area contributed by atoms with Crippen LogP contribution in [-0.2, 0) is 4.74 Å². The van der Waals surface area contributed by atoms with E-state index in [1.165, 1.54) is 6.20 Å².